The summed E-state index contributed by atoms with van der Waals surface area (Å²) in [5.74, 6) is -2.37. The van der Waals surface area contributed by atoms with Gasteiger partial charge in [-0.3, -0.25) is 19.3 Å². The van der Waals surface area contributed by atoms with Crippen LogP contribution in [0.1, 0.15) is 5.56 Å². The van der Waals surface area contributed by atoms with Crippen LogP contribution >= 0.6 is 0 Å². The molecule has 5 amide bonds. The van der Waals surface area contributed by atoms with Crippen LogP contribution in [0, 0.1) is 0 Å². The molecule has 4 N–H and O–H groups in total. The van der Waals surface area contributed by atoms with Gasteiger partial charge in [0.1, 0.15) is 25.1 Å². The van der Waals surface area contributed by atoms with Gasteiger partial charge < -0.3 is 34.9 Å². The van der Waals surface area contributed by atoms with Crippen molar-refractivity contribution in [1.29, 1.82) is 0 Å². The standard InChI is InChI=1S/C37H39N5O10/c1-40(27-13-6-5-7-14-27)34(44)23-41(33(43)22-38-37(48)39-26-12-10-11-25(19-26)20-36(46)47)29-15-8-9-16-31(29)52-24-35(45)42(2,49)30-21-28(50-3)17-18-32(30)51-4/h5-19,21,49H,20,22-24H2,1-4H3,(H2-,38,39,46,47,48)/p+1. The number of para-hydroxylation sites is 3. The lowest BCUT2D eigenvalue weighted by molar-refractivity contribution is -0.158. The Labute approximate surface area is 300 Å². The molecule has 4 aromatic rings. The number of urea groups is 1. The van der Waals surface area contributed by atoms with Crippen molar-refractivity contribution >= 4 is 52.5 Å². The fourth-order valence-corrected chi connectivity index (χ4v) is 5.04. The summed E-state index contributed by atoms with van der Waals surface area (Å²) < 4.78 is 15.2. The Morgan fingerprint density at radius 3 is 2.21 bits per heavy atom. The number of hydroxylamine groups is 2. The maximum atomic E-state index is 13.8. The van der Waals surface area contributed by atoms with Gasteiger partial charge in [-0.25, -0.2) is 14.8 Å². The first-order valence-corrected chi connectivity index (χ1v) is 15.9. The second kappa shape index (κ2) is 17.5. The molecule has 4 rings (SSSR count). The van der Waals surface area contributed by atoms with Gasteiger partial charge in [0.05, 0.1) is 32.9 Å². The van der Waals surface area contributed by atoms with Crippen LogP contribution in [0.4, 0.5) is 27.5 Å². The van der Waals surface area contributed by atoms with Crippen LogP contribution in [-0.2, 0) is 25.6 Å². The number of hydrogen-bond acceptors (Lipinski definition) is 9. The first-order valence-electron chi connectivity index (χ1n) is 15.9. The zero-order valence-corrected chi connectivity index (χ0v) is 29.1. The number of likely N-dealkylation sites (N-methyl/N-ethyl adjacent to an activating group) is 2. The van der Waals surface area contributed by atoms with Crippen LogP contribution in [-0.4, -0.2) is 88.0 Å². The third-order valence-corrected chi connectivity index (χ3v) is 7.90. The molecule has 15 nitrogen and oxygen atoms in total. The van der Waals surface area contributed by atoms with Gasteiger partial charge in [0.15, 0.2) is 5.75 Å². The van der Waals surface area contributed by atoms with Crippen LogP contribution in [0.5, 0.6) is 17.2 Å². The number of anilines is 3. The third-order valence-electron chi connectivity index (χ3n) is 7.90. The van der Waals surface area contributed by atoms with Crippen molar-refractivity contribution in [3.8, 4) is 17.2 Å². The normalized spacial score (nSPS) is 11.7. The Balaban J connectivity index is 1.56. The zero-order chi connectivity index (χ0) is 37.8. The summed E-state index contributed by atoms with van der Waals surface area (Å²) >= 11 is 0. The Morgan fingerprint density at radius 1 is 0.808 bits per heavy atom. The molecule has 0 radical (unpaired) electrons. The minimum Gasteiger partial charge on any atom is -0.497 e. The van der Waals surface area contributed by atoms with E-state index in [-0.39, 0.29) is 29.3 Å². The molecule has 0 saturated heterocycles. The lowest BCUT2D eigenvalue weighted by Crippen LogP contribution is -2.50. The van der Waals surface area contributed by atoms with E-state index in [1.165, 1.54) is 50.4 Å². The van der Waals surface area contributed by atoms with Crippen molar-refractivity contribution in [2.24, 2.45) is 0 Å². The SMILES string of the molecule is COc1ccc(OC)c([N+](C)(O)C(=O)COc2ccccc2N(CC(=O)N(C)c2ccccc2)C(=O)CNC(=O)Nc2cccc(CC(=O)O)c2)c1. The van der Waals surface area contributed by atoms with E-state index in [4.69, 9.17) is 19.3 Å². The molecule has 0 aromatic heterocycles. The monoisotopic (exact) mass is 714 g/mol. The fourth-order valence-electron chi connectivity index (χ4n) is 5.04. The highest BCUT2D eigenvalue weighted by Gasteiger charge is 2.38. The summed E-state index contributed by atoms with van der Waals surface area (Å²) in [6.07, 6.45) is -0.241. The Kier molecular flexibility index (Phi) is 12.9. The number of rotatable bonds is 15. The van der Waals surface area contributed by atoms with Crippen molar-refractivity contribution in [3.63, 3.8) is 0 Å². The van der Waals surface area contributed by atoms with Crippen LogP contribution in [0.25, 0.3) is 0 Å². The molecule has 0 bridgehead atoms. The topological polar surface area (TPSA) is 184 Å². The smallest absolute Gasteiger partial charge is 0.388 e. The maximum Gasteiger partial charge on any atom is 0.388 e. The molecule has 0 aliphatic rings. The first-order chi connectivity index (χ1) is 24.8. The zero-order valence-electron chi connectivity index (χ0n) is 29.1. The number of hydrogen-bond donors (Lipinski definition) is 4. The van der Waals surface area contributed by atoms with Gasteiger partial charge >= 0.3 is 17.9 Å². The molecular formula is C37H40N5O10+. The molecule has 0 heterocycles. The average Bonchev–Trinajstić information content (AvgIpc) is 3.14. The molecule has 4 aromatic carbocycles. The second-order valence-electron chi connectivity index (χ2n) is 11.5. The van der Waals surface area contributed by atoms with Crippen LogP contribution in [0.15, 0.2) is 97.1 Å². The summed E-state index contributed by atoms with van der Waals surface area (Å²) in [5.41, 5.74) is 1.56. The van der Waals surface area contributed by atoms with E-state index >= 15 is 0 Å². The number of methoxy groups -OCH3 is 2. The van der Waals surface area contributed by atoms with E-state index < -0.39 is 54.1 Å². The number of ether oxygens (including phenoxy) is 3. The van der Waals surface area contributed by atoms with Crippen molar-refractivity contribution in [1.82, 2.24) is 9.96 Å². The molecule has 272 valence electrons. The predicted molar refractivity (Wildman–Crippen MR) is 193 cm³/mol. The Bertz CT molecular complexity index is 1920. The fraction of sp³-hybridized carbons (Fsp3) is 0.216. The molecule has 0 aliphatic heterocycles. The Morgan fingerprint density at radius 2 is 1.52 bits per heavy atom. The highest BCUT2D eigenvalue weighted by molar-refractivity contribution is 6.06. The largest absolute Gasteiger partial charge is 0.497 e. The van der Waals surface area contributed by atoms with Gasteiger partial charge in [-0.15, -0.1) is 0 Å². The summed E-state index contributed by atoms with van der Waals surface area (Å²) in [7, 11) is 5.62. The van der Waals surface area contributed by atoms with Crippen molar-refractivity contribution < 1.29 is 48.5 Å². The summed E-state index contributed by atoms with van der Waals surface area (Å²) in [4.78, 5) is 67.1. The number of benzene rings is 4. The maximum absolute atomic E-state index is 13.8. The van der Waals surface area contributed by atoms with E-state index in [9.17, 15) is 29.2 Å². The number of carboxylic acids is 1. The first kappa shape index (κ1) is 38.4. The minimum absolute atomic E-state index is 0.0386. The lowest BCUT2D eigenvalue weighted by Gasteiger charge is -2.28. The number of nitrogens with zero attached hydrogens (tertiary/aromatic N) is 3. The highest BCUT2D eigenvalue weighted by atomic mass is 16.6. The van der Waals surface area contributed by atoms with Gasteiger partial charge in [0.25, 0.3) is 0 Å². The number of carboxylic acid groups (broad SMARTS) is 1. The number of aliphatic carboxylic acids is 1. The summed E-state index contributed by atoms with van der Waals surface area (Å²) in [6, 6.07) is 25.1. The number of carbonyl (C=O) groups is 5. The quantitative estimate of drug-likeness (QED) is 0.0795. The predicted octanol–water partition coefficient (Wildman–Crippen LogP) is 4.08. The summed E-state index contributed by atoms with van der Waals surface area (Å²) in [5, 5.41) is 25.4. The lowest BCUT2D eigenvalue weighted by atomic mass is 10.1. The number of nitrogens with one attached hydrogen (secondary N) is 2. The van der Waals surface area contributed by atoms with Crippen molar-refractivity contribution in [3.05, 3.63) is 103 Å². The van der Waals surface area contributed by atoms with E-state index in [1.54, 1.807) is 79.8 Å². The average molecular weight is 715 g/mol. The van der Waals surface area contributed by atoms with Crippen LogP contribution < -0.4 is 39.3 Å². The third kappa shape index (κ3) is 9.83. The van der Waals surface area contributed by atoms with Crippen LogP contribution in [0.3, 0.4) is 0 Å². The molecule has 15 heteroatoms. The van der Waals surface area contributed by atoms with E-state index in [0.717, 1.165) is 4.90 Å². The molecule has 0 saturated carbocycles. The number of quaternary nitrogens is 1. The van der Waals surface area contributed by atoms with Gasteiger partial charge in [0.2, 0.25) is 24.1 Å². The van der Waals surface area contributed by atoms with Crippen LogP contribution in [0.2, 0.25) is 0 Å². The van der Waals surface area contributed by atoms with Crippen molar-refractivity contribution in [2.45, 2.75) is 6.42 Å². The van der Waals surface area contributed by atoms with Gasteiger partial charge in [-0.05, 0) is 54.1 Å². The van der Waals surface area contributed by atoms with Gasteiger partial charge in [0, 0.05) is 24.5 Å². The van der Waals surface area contributed by atoms with Crippen molar-refractivity contribution in [2.75, 3.05) is 63.1 Å². The van der Waals surface area contributed by atoms with Gasteiger partial charge in [-0.1, -0.05) is 47.1 Å². The van der Waals surface area contributed by atoms with Gasteiger partial charge in [-0.2, -0.15) is 0 Å². The highest BCUT2D eigenvalue weighted by Crippen LogP contribution is 2.35. The molecule has 0 aliphatic carbocycles. The van der Waals surface area contributed by atoms with E-state index in [0.29, 0.717) is 22.7 Å². The summed E-state index contributed by atoms with van der Waals surface area (Å²) in [6.45, 7) is -1.70. The number of carbonyl (C=O) groups excluding carboxylic acids is 4. The molecule has 1 unspecified atom stereocenters. The van der Waals surface area contributed by atoms with E-state index in [2.05, 4.69) is 10.6 Å². The molecular weight excluding hydrogens is 674 g/mol. The second-order valence-corrected chi connectivity index (χ2v) is 11.5. The molecule has 0 fully saturated rings. The Hall–Kier alpha value is -6.45. The van der Waals surface area contributed by atoms with E-state index in [1.807, 2.05) is 0 Å². The molecule has 0 spiro atoms. The molecule has 52 heavy (non-hydrogen) atoms. The minimum atomic E-state index is -1.26. The molecule has 1 atom stereocenters. The number of amides is 5.